The number of nitrogens with zero attached hydrogens (tertiary/aromatic N) is 2. The molecule has 0 radical (unpaired) electrons. The summed E-state index contributed by atoms with van der Waals surface area (Å²) in [4.78, 5) is 0.0540. The van der Waals surface area contributed by atoms with Gasteiger partial charge in [-0.25, -0.2) is 8.42 Å². The largest absolute Gasteiger partial charge is 0.492 e. The van der Waals surface area contributed by atoms with Gasteiger partial charge in [0.25, 0.3) is 10.0 Å². The molecule has 0 spiro atoms. The Morgan fingerprint density at radius 2 is 1.89 bits per heavy atom. The van der Waals surface area contributed by atoms with Crippen LogP contribution in [-0.2, 0) is 10.0 Å². The molecule has 0 saturated heterocycles. The Kier molecular flexibility index (Phi) is 6.15. The van der Waals surface area contributed by atoms with Crippen LogP contribution in [0.25, 0.3) is 11.3 Å². The SMILES string of the molecule is CCOc1ccc(Br)cc1S(=O)(=O)Nc1cccc(-c2ccc(OC)nn2)c1. The average molecular weight is 464 g/mol. The standard InChI is InChI=1S/C19H18BrN3O4S/c1-3-27-17-9-7-14(20)12-18(17)28(24,25)23-15-6-4-5-13(11-15)16-8-10-19(26-2)22-21-16/h4-12,23H,3H2,1-2H3. The zero-order valence-electron chi connectivity index (χ0n) is 15.2. The van der Waals surface area contributed by atoms with Crippen molar-refractivity contribution in [1.82, 2.24) is 10.2 Å². The highest BCUT2D eigenvalue weighted by molar-refractivity contribution is 9.10. The number of hydrogen-bond acceptors (Lipinski definition) is 6. The molecule has 28 heavy (non-hydrogen) atoms. The molecule has 0 amide bonds. The Bertz CT molecular complexity index is 1070. The summed E-state index contributed by atoms with van der Waals surface area (Å²) in [5, 5.41) is 8.02. The van der Waals surface area contributed by atoms with Crippen LogP contribution >= 0.6 is 15.9 Å². The number of methoxy groups -OCH3 is 1. The van der Waals surface area contributed by atoms with E-state index < -0.39 is 10.0 Å². The number of aromatic nitrogens is 2. The molecule has 3 rings (SSSR count). The molecule has 0 aliphatic carbocycles. The summed E-state index contributed by atoms with van der Waals surface area (Å²) in [6.45, 7) is 2.15. The molecule has 0 bridgehead atoms. The first-order valence-corrected chi connectivity index (χ1v) is 10.6. The number of sulfonamides is 1. The second-order valence-corrected chi connectivity index (χ2v) is 8.24. The van der Waals surface area contributed by atoms with Crippen molar-refractivity contribution in [3.63, 3.8) is 0 Å². The fourth-order valence-corrected chi connectivity index (χ4v) is 4.24. The topological polar surface area (TPSA) is 90.4 Å². The summed E-state index contributed by atoms with van der Waals surface area (Å²) in [5.41, 5.74) is 1.71. The van der Waals surface area contributed by atoms with Crippen LogP contribution in [0.3, 0.4) is 0 Å². The molecule has 1 heterocycles. The van der Waals surface area contributed by atoms with E-state index in [1.165, 1.54) is 13.2 Å². The second-order valence-electron chi connectivity index (χ2n) is 5.67. The molecule has 7 nitrogen and oxygen atoms in total. The molecule has 0 atom stereocenters. The maximum absolute atomic E-state index is 12.9. The highest BCUT2D eigenvalue weighted by Crippen LogP contribution is 2.30. The molecule has 1 aromatic heterocycles. The summed E-state index contributed by atoms with van der Waals surface area (Å²) in [6, 6.07) is 15.2. The van der Waals surface area contributed by atoms with E-state index in [0.717, 1.165) is 5.56 Å². The van der Waals surface area contributed by atoms with Gasteiger partial charge < -0.3 is 9.47 Å². The molecule has 0 aliphatic rings. The minimum atomic E-state index is -3.86. The first-order chi connectivity index (χ1) is 13.4. The Morgan fingerprint density at radius 1 is 1.07 bits per heavy atom. The monoisotopic (exact) mass is 463 g/mol. The summed E-state index contributed by atoms with van der Waals surface area (Å²) in [5.74, 6) is 0.689. The van der Waals surface area contributed by atoms with Gasteiger partial charge in [-0.15, -0.1) is 10.2 Å². The molecule has 146 valence electrons. The van der Waals surface area contributed by atoms with Gasteiger partial charge in [-0.1, -0.05) is 28.1 Å². The highest BCUT2D eigenvalue weighted by Gasteiger charge is 2.20. The third-order valence-corrected chi connectivity index (χ3v) is 5.65. The Balaban J connectivity index is 1.92. The van der Waals surface area contributed by atoms with Crippen molar-refractivity contribution in [3.8, 4) is 22.9 Å². The van der Waals surface area contributed by atoms with Gasteiger partial charge in [-0.2, -0.15) is 0 Å². The lowest BCUT2D eigenvalue weighted by Crippen LogP contribution is -2.14. The summed E-state index contributed by atoms with van der Waals surface area (Å²) < 4.78 is 39.5. The Labute approximate surface area is 171 Å². The molecular formula is C19H18BrN3O4S. The van der Waals surface area contributed by atoms with Gasteiger partial charge in [0.15, 0.2) is 0 Å². The van der Waals surface area contributed by atoms with E-state index in [-0.39, 0.29) is 10.6 Å². The van der Waals surface area contributed by atoms with Gasteiger partial charge in [0.05, 0.1) is 19.4 Å². The molecule has 3 aromatic rings. The normalized spacial score (nSPS) is 11.1. The van der Waals surface area contributed by atoms with Crippen molar-refractivity contribution in [1.29, 1.82) is 0 Å². The van der Waals surface area contributed by atoms with E-state index in [2.05, 4.69) is 30.8 Å². The Hall–Kier alpha value is -2.65. The summed E-state index contributed by atoms with van der Waals surface area (Å²) in [7, 11) is -2.35. The molecule has 0 unspecified atom stereocenters. The van der Waals surface area contributed by atoms with E-state index in [0.29, 0.717) is 28.3 Å². The van der Waals surface area contributed by atoms with Crippen LogP contribution in [0.15, 0.2) is 64.0 Å². The zero-order valence-corrected chi connectivity index (χ0v) is 17.6. The smallest absolute Gasteiger partial charge is 0.265 e. The van der Waals surface area contributed by atoms with Crippen LogP contribution in [0.4, 0.5) is 5.69 Å². The zero-order chi connectivity index (χ0) is 20.1. The molecule has 0 saturated carbocycles. The lowest BCUT2D eigenvalue weighted by molar-refractivity contribution is 0.331. The first-order valence-electron chi connectivity index (χ1n) is 8.36. The van der Waals surface area contributed by atoms with Crippen LogP contribution in [0.2, 0.25) is 0 Å². The first kappa shape index (κ1) is 20.1. The van der Waals surface area contributed by atoms with Crippen LogP contribution in [-0.4, -0.2) is 32.3 Å². The highest BCUT2D eigenvalue weighted by atomic mass is 79.9. The van der Waals surface area contributed by atoms with E-state index in [9.17, 15) is 8.42 Å². The van der Waals surface area contributed by atoms with Crippen molar-refractivity contribution in [2.45, 2.75) is 11.8 Å². The number of halogens is 1. The van der Waals surface area contributed by atoms with Crippen molar-refractivity contribution in [3.05, 3.63) is 59.1 Å². The van der Waals surface area contributed by atoms with E-state index >= 15 is 0 Å². The molecule has 9 heteroatoms. The van der Waals surface area contributed by atoms with Gasteiger partial charge in [0.1, 0.15) is 10.6 Å². The van der Waals surface area contributed by atoms with Gasteiger partial charge >= 0.3 is 0 Å². The van der Waals surface area contributed by atoms with Gasteiger partial charge in [0, 0.05) is 21.8 Å². The Morgan fingerprint density at radius 3 is 2.57 bits per heavy atom. The minimum Gasteiger partial charge on any atom is -0.492 e. The van der Waals surface area contributed by atoms with E-state index in [1.54, 1.807) is 49.4 Å². The molecule has 0 fully saturated rings. The molecule has 2 aromatic carbocycles. The number of ether oxygens (including phenoxy) is 2. The summed E-state index contributed by atoms with van der Waals surface area (Å²) >= 11 is 3.31. The van der Waals surface area contributed by atoms with Crippen LogP contribution in [0, 0.1) is 0 Å². The number of nitrogens with one attached hydrogen (secondary N) is 1. The van der Waals surface area contributed by atoms with Crippen LogP contribution in [0.5, 0.6) is 11.6 Å². The maximum Gasteiger partial charge on any atom is 0.265 e. The van der Waals surface area contributed by atoms with Crippen molar-refractivity contribution >= 4 is 31.6 Å². The lowest BCUT2D eigenvalue weighted by Gasteiger charge is -2.13. The lowest BCUT2D eigenvalue weighted by atomic mass is 10.1. The molecule has 1 N–H and O–H groups in total. The predicted octanol–water partition coefficient (Wildman–Crippen LogP) is 4.11. The predicted molar refractivity (Wildman–Crippen MR) is 110 cm³/mol. The van der Waals surface area contributed by atoms with Crippen LogP contribution in [0.1, 0.15) is 6.92 Å². The van der Waals surface area contributed by atoms with Gasteiger partial charge in [0.2, 0.25) is 5.88 Å². The van der Waals surface area contributed by atoms with Crippen molar-refractivity contribution in [2.75, 3.05) is 18.4 Å². The average Bonchev–Trinajstić information content (AvgIpc) is 2.69. The van der Waals surface area contributed by atoms with E-state index in [1.807, 2.05) is 6.07 Å². The summed E-state index contributed by atoms with van der Waals surface area (Å²) in [6.07, 6.45) is 0. The maximum atomic E-state index is 12.9. The van der Waals surface area contributed by atoms with Gasteiger partial charge in [-0.3, -0.25) is 4.72 Å². The number of rotatable bonds is 7. The van der Waals surface area contributed by atoms with Gasteiger partial charge in [-0.05, 0) is 43.3 Å². The number of hydrogen-bond donors (Lipinski definition) is 1. The molecular weight excluding hydrogens is 446 g/mol. The fourth-order valence-electron chi connectivity index (χ4n) is 2.50. The number of benzene rings is 2. The fraction of sp³-hybridized carbons (Fsp3) is 0.158. The minimum absolute atomic E-state index is 0.0540. The quantitative estimate of drug-likeness (QED) is 0.566. The second kappa shape index (κ2) is 8.57. The third kappa shape index (κ3) is 4.60. The third-order valence-electron chi connectivity index (χ3n) is 3.75. The number of anilines is 1. The molecule has 0 aliphatic heterocycles. The van der Waals surface area contributed by atoms with Crippen molar-refractivity contribution in [2.24, 2.45) is 0 Å². The van der Waals surface area contributed by atoms with E-state index in [4.69, 9.17) is 9.47 Å². The van der Waals surface area contributed by atoms with Crippen LogP contribution < -0.4 is 14.2 Å². The van der Waals surface area contributed by atoms with Crippen molar-refractivity contribution < 1.29 is 17.9 Å².